The Labute approximate surface area is 120 Å². The predicted molar refractivity (Wildman–Crippen MR) is 75.1 cm³/mol. The highest BCUT2D eigenvalue weighted by molar-refractivity contribution is 7.11. The molecular weight excluding hydrogens is 289 g/mol. The number of aromatic nitrogens is 1. The van der Waals surface area contributed by atoms with Gasteiger partial charge < -0.3 is 10.6 Å². The van der Waals surface area contributed by atoms with Crippen LogP contribution in [0.2, 0.25) is 0 Å². The Morgan fingerprint density at radius 3 is 2.50 bits per heavy atom. The lowest BCUT2D eigenvalue weighted by Gasteiger charge is -2.12. The summed E-state index contributed by atoms with van der Waals surface area (Å²) < 4.78 is 36.2. The van der Waals surface area contributed by atoms with Gasteiger partial charge in [0.15, 0.2) is 5.96 Å². The average Bonchev–Trinajstić information content (AvgIpc) is 2.64. The Morgan fingerprint density at radius 1 is 1.30 bits per heavy atom. The first kappa shape index (κ1) is 16.7. The van der Waals surface area contributed by atoms with E-state index in [0.717, 1.165) is 15.6 Å². The van der Waals surface area contributed by atoms with Gasteiger partial charge in [0.25, 0.3) is 0 Å². The Bertz CT molecular complexity index is 435. The number of hydrogen-bond donors (Lipinski definition) is 2. The van der Waals surface area contributed by atoms with Crippen molar-refractivity contribution in [2.24, 2.45) is 4.99 Å². The molecule has 0 saturated heterocycles. The molecule has 0 aromatic carbocycles. The molecule has 2 N–H and O–H groups in total. The molecule has 0 bridgehead atoms. The van der Waals surface area contributed by atoms with Gasteiger partial charge in [-0.3, -0.25) is 0 Å². The molecular formula is C12H19F3N4S. The van der Waals surface area contributed by atoms with Gasteiger partial charge in [-0.2, -0.15) is 13.2 Å². The second-order valence-electron chi connectivity index (χ2n) is 4.24. The van der Waals surface area contributed by atoms with Crippen LogP contribution in [0.4, 0.5) is 13.2 Å². The standard InChI is InChI=1S/C12H19F3N4S/c1-4-16-11(17-6-5-12(13,14)15)18-7-10-19-8(2)9(3)20-10/h4-7H2,1-3H3,(H2,16,17,18). The lowest BCUT2D eigenvalue weighted by atomic mass is 10.4. The molecule has 0 fully saturated rings. The number of thiazole rings is 1. The van der Waals surface area contributed by atoms with Crippen molar-refractivity contribution in [2.45, 2.75) is 39.9 Å². The Balaban J connectivity index is 2.54. The van der Waals surface area contributed by atoms with E-state index in [0.29, 0.717) is 19.0 Å². The molecule has 0 radical (unpaired) electrons. The number of guanidine groups is 1. The monoisotopic (exact) mass is 308 g/mol. The summed E-state index contributed by atoms with van der Waals surface area (Å²) in [6.07, 6.45) is -5.04. The largest absolute Gasteiger partial charge is 0.390 e. The normalized spacial score (nSPS) is 12.6. The van der Waals surface area contributed by atoms with E-state index in [2.05, 4.69) is 20.6 Å². The highest BCUT2D eigenvalue weighted by atomic mass is 32.1. The van der Waals surface area contributed by atoms with Crippen LogP contribution in [0.1, 0.15) is 28.9 Å². The van der Waals surface area contributed by atoms with Crippen molar-refractivity contribution in [3.63, 3.8) is 0 Å². The smallest absolute Gasteiger partial charge is 0.357 e. The molecule has 114 valence electrons. The summed E-state index contributed by atoms with van der Waals surface area (Å²) in [7, 11) is 0. The molecule has 20 heavy (non-hydrogen) atoms. The van der Waals surface area contributed by atoms with E-state index < -0.39 is 12.6 Å². The van der Waals surface area contributed by atoms with Crippen LogP contribution in [0.5, 0.6) is 0 Å². The molecule has 0 atom stereocenters. The summed E-state index contributed by atoms with van der Waals surface area (Å²) in [5.41, 5.74) is 0.968. The second kappa shape index (κ2) is 7.47. The summed E-state index contributed by atoms with van der Waals surface area (Å²) in [6, 6.07) is 0. The minimum atomic E-state index is -4.16. The Hall–Kier alpha value is -1.31. The fourth-order valence-corrected chi connectivity index (χ4v) is 2.28. The lowest BCUT2D eigenvalue weighted by Crippen LogP contribution is -2.38. The van der Waals surface area contributed by atoms with Crippen LogP contribution < -0.4 is 10.6 Å². The molecule has 0 spiro atoms. The zero-order valence-electron chi connectivity index (χ0n) is 11.8. The van der Waals surface area contributed by atoms with Crippen molar-refractivity contribution in [3.8, 4) is 0 Å². The average molecular weight is 308 g/mol. The van der Waals surface area contributed by atoms with Gasteiger partial charge in [0.1, 0.15) is 5.01 Å². The second-order valence-corrected chi connectivity index (χ2v) is 5.52. The number of nitrogens with zero attached hydrogens (tertiary/aromatic N) is 2. The van der Waals surface area contributed by atoms with Gasteiger partial charge in [0, 0.05) is 18.0 Å². The first-order valence-electron chi connectivity index (χ1n) is 6.33. The van der Waals surface area contributed by atoms with Crippen molar-refractivity contribution in [1.82, 2.24) is 15.6 Å². The van der Waals surface area contributed by atoms with Crippen LogP contribution in [0, 0.1) is 13.8 Å². The topological polar surface area (TPSA) is 49.3 Å². The van der Waals surface area contributed by atoms with E-state index in [4.69, 9.17) is 0 Å². The predicted octanol–water partition coefficient (Wildman–Crippen LogP) is 2.77. The van der Waals surface area contributed by atoms with Crippen LogP contribution in [0.25, 0.3) is 0 Å². The SMILES string of the molecule is CCNC(=NCc1nc(C)c(C)s1)NCCC(F)(F)F. The molecule has 0 amide bonds. The summed E-state index contributed by atoms with van der Waals surface area (Å²) in [4.78, 5) is 9.70. The van der Waals surface area contributed by atoms with Crippen LogP contribution in [-0.4, -0.2) is 30.2 Å². The van der Waals surface area contributed by atoms with Gasteiger partial charge in [-0.25, -0.2) is 9.98 Å². The van der Waals surface area contributed by atoms with Crippen molar-refractivity contribution < 1.29 is 13.2 Å². The molecule has 1 aromatic rings. The number of halogens is 3. The summed E-state index contributed by atoms with van der Waals surface area (Å²) in [6.45, 7) is 6.53. The van der Waals surface area contributed by atoms with Crippen molar-refractivity contribution in [3.05, 3.63) is 15.6 Å². The molecule has 0 aliphatic carbocycles. The lowest BCUT2D eigenvalue weighted by molar-refractivity contribution is -0.132. The third-order valence-electron chi connectivity index (χ3n) is 2.49. The van der Waals surface area contributed by atoms with Gasteiger partial charge in [0.2, 0.25) is 0 Å². The van der Waals surface area contributed by atoms with E-state index in [-0.39, 0.29) is 6.54 Å². The molecule has 1 aromatic heterocycles. The number of alkyl halides is 3. The molecule has 0 aliphatic heterocycles. The van der Waals surface area contributed by atoms with E-state index in [9.17, 15) is 13.2 Å². The molecule has 4 nitrogen and oxygen atoms in total. The van der Waals surface area contributed by atoms with Crippen LogP contribution in [0.3, 0.4) is 0 Å². The van der Waals surface area contributed by atoms with E-state index in [1.807, 2.05) is 20.8 Å². The molecule has 1 heterocycles. The maximum absolute atomic E-state index is 12.1. The summed E-state index contributed by atoms with van der Waals surface area (Å²) >= 11 is 1.55. The fraction of sp³-hybridized carbons (Fsp3) is 0.667. The highest BCUT2D eigenvalue weighted by Crippen LogP contribution is 2.18. The van der Waals surface area contributed by atoms with Crippen molar-refractivity contribution in [2.75, 3.05) is 13.1 Å². The van der Waals surface area contributed by atoms with Crippen molar-refractivity contribution >= 4 is 17.3 Å². The number of hydrogen-bond acceptors (Lipinski definition) is 3. The zero-order chi connectivity index (χ0) is 15.2. The summed E-state index contributed by atoms with van der Waals surface area (Å²) in [5.74, 6) is 0.377. The number of rotatable bonds is 5. The van der Waals surface area contributed by atoms with Crippen LogP contribution in [-0.2, 0) is 6.54 Å². The minimum absolute atomic E-state index is 0.189. The van der Waals surface area contributed by atoms with E-state index in [1.165, 1.54) is 0 Å². The first-order chi connectivity index (χ1) is 9.31. The quantitative estimate of drug-likeness (QED) is 0.649. The molecule has 8 heteroatoms. The van der Waals surface area contributed by atoms with Gasteiger partial charge in [-0.1, -0.05) is 0 Å². The molecule has 0 unspecified atom stereocenters. The van der Waals surface area contributed by atoms with Crippen molar-refractivity contribution in [1.29, 1.82) is 0 Å². The summed E-state index contributed by atoms with van der Waals surface area (Å²) in [5, 5.41) is 6.43. The highest BCUT2D eigenvalue weighted by Gasteiger charge is 2.26. The maximum Gasteiger partial charge on any atom is 0.390 e. The first-order valence-corrected chi connectivity index (χ1v) is 7.15. The van der Waals surface area contributed by atoms with Crippen LogP contribution in [0.15, 0.2) is 4.99 Å². The molecule has 0 aliphatic rings. The molecule has 1 rings (SSSR count). The zero-order valence-corrected chi connectivity index (χ0v) is 12.6. The van der Waals surface area contributed by atoms with E-state index in [1.54, 1.807) is 11.3 Å². The van der Waals surface area contributed by atoms with E-state index >= 15 is 0 Å². The number of nitrogens with one attached hydrogen (secondary N) is 2. The molecule has 0 saturated carbocycles. The van der Waals surface area contributed by atoms with Gasteiger partial charge in [-0.15, -0.1) is 11.3 Å². The Morgan fingerprint density at radius 2 is 2.00 bits per heavy atom. The maximum atomic E-state index is 12.1. The Kier molecular flexibility index (Phi) is 6.25. The fourth-order valence-electron chi connectivity index (χ4n) is 1.42. The minimum Gasteiger partial charge on any atom is -0.357 e. The van der Waals surface area contributed by atoms with Gasteiger partial charge in [-0.05, 0) is 20.8 Å². The van der Waals surface area contributed by atoms with Gasteiger partial charge >= 0.3 is 6.18 Å². The third kappa shape index (κ3) is 6.23. The van der Waals surface area contributed by atoms with Crippen LogP contribution >= 0.6 is 11.3 Å². The third-order valence-corrected chi connectivity index (χ3v) is 3.55. The number of aryl methyl sites for hydroxylation is 2. The van der Waals surface area contributed by atoms with Gasteiger partial charge in [0.05, 0.1) is 18.7 Å². The number of aliphatic imine (C=N–C) groups is 1.